The van der Waals surface area contributed by atoms with Crippen LogP contribution >= 0.6 is 11.8 Å². The smallest absolute Gasteiger partial charge is 0.329 e. The molecule has 8 heteroatoms. The van der Waals surface area contributed by atoms with Gasteiger partial charge in [0.1, 0.15) is 23.1 Å². The van der Waals surface area contributed by atoms with Crippen LogP contribution in [0, 0.1) is 29.0 Å². The summed E-state index contributed by atoms with van der Waals surface area (Å²) in [6.45, 7) is 0.949. The van der Waals surface area contributed by atoms with E-state index < -0.39 is 5.97 Å². The lowest BCUT2D eigenvalue weighted by Gasteiger charge is -2.28. The van der Waals surface area contributed by atoms with Crippen LogP contribution in [0.2, 0.25) is 0 Å². The molecule has 35 heavy (non-hydrogen) atoms. The molecule has 0 bridgehead atoms. The zero-order valence-electron chi connectivity index (χ0n) is 19.6. The van der Waals surface area contributed by atoms with Crippen molar-refractivity contribution in [1.82, 2.24) is 9.78 Å². The number of rotatable bonds is 9. The van der Waals surface area contributed by atoms with Gasteiger partial charge in [-0.3, -0.25) is 4.68 Å². The number of carboxylic acids is 1. The molecule has 1 saturated carbocycles. The number of nitrogens with zero attached hydrogens (tertiary/aromatic N) is 3. The first-order valence-electron chi connectivity index (χ1n) is 11.7. The molecule has 0 atom stereocenters. The molecule has 4 rings (SSSR count). The Kier molecular flexibility index (Phi) is 8.21. The van der Waals surface area contributed by atoms with Gasteiger partial charge in [0, 0.05) is 23.2 Å². The lowest BCUT2D eigenvalue weighted by molar-refractivity contribution is -0.142. The lowest BCUT2D eigenvalue weighted by atomic mass is 9.82. The molecule has 0 saturated heterocycles. The van der Waals surface area contributed by atoms with E-state index in [2.05, 4.69) is 6.07 Å². The molecular formula is C27H28FN3O3S. The summed E-state index contributed by atoms with van der Waals surface area (Å²) in [5.74, 6) is -0.522. The van der Waals surface area contributed by atoms with E-state index in [-0.39, 0.29) is 12.4 Å². The van der Waals surface area contributed by atoms with Gasteiger partial charge in [-0.25, -0.2) is 9.18 Å². The maximum Gasteiger partial charge on any atom is 0.329 e. The number of halogens is 1. The molecule has 3 aromatic rings. The molecule has 1 aliphatic rings. The highest BCUT2D eigenvalue weighted by Gasteiger charge is 2.27. The zero-order chi connectivity index (χ0) is 24.8. The van der Waals surface area contributed by atoms with Crippen molar-refractivity contribution >= 4 is 17.7 Å². The van der Waals surface area contributed by atoms with Gasteiger partial charge in [-0.2, -0.15) is 10.4 Å². The Morgan fingerprint density at radius 3 is 2.57 bits per heavy atom. The second-order valence-corrected chi connectivity index (χ2v) is 9.68. The summed E-state index contributed by atoms with van der Waals surface area (Å²) in [7, 11) is 0. The van der Waals surface area contributed by atoms with Gasteiger partial charge < -0.3 is 9.84 Å². The summed E-state index contributed by atoms with van der Waals surface area (Å²) in [5, 5.41) is 24.0. The monoisotopic (exact) mass is 493 g/mol. The fourth-order valence-corrected chi connectivity index (χ4v) is 5.48. The Bertz CT molecular complexity index is 1210. The first-order valence-corrected chi connectivity index (χ1v) is 12.9. The first kappa shape index (κ1) is 25.0. The highest BCUT2D eigenvalue weighted by Crippen LogP contribution is 2.41. The number of hydrogen-bond donors (Lipinski definition) is 1. The fourth-order valence-electron chi connectivity index (χ4n) is 4.74. The number of carboxylic acid groups (broad SMARTS) is 1. The van der Waals surface area contributed by atoms with Crippen molar-refractivity contribution in [3.05, 3.63) is 59.9 Å². The number of thioether (sulfide) groups is 1. The van der Waals surface area contributed by atoms with Crippen LogP contribution in [0.1, 0.15) is 31.2 Å². The van der Waals surface area contributed by atoms with Crippen LogP contribution < -0.4 is 0 Å². The predicted molar refractivity (Wildman–Crippen MR) is 133 cm³/mol. The first-order chi connectivity index (χ1) is 17.0. The van der Waals surface area contributed by atoms with E-state index in [1.165, 1.54) is 23.9 Å². The molecule has 0 unspecified atom stereocenters. The van der Waals surface area contributed by atoms with E-state index in [0.29, 0.717) is 40.8 Å². The van der Waals surface area contributed by atoms with Crippen molar-refractivity contribution < 1.29 is 19.0 Å². The molecule has 1 fully saturated rings. The van der Waals surface area contributed by atoms with E-state index in [4.69, 9.17) is 14.9 Å². The normalized spacial score (nSPS) is 17.7. The SMILES string of the molecule is CSc1c(-c2cc(C#N)ccc2F)c(-c2ccccc2)nn1CC1CCC(COCC(=O)O)CC1. The average molecular weight is 494 g/mol. The van der Waals surface area contributed by atoms with Crippen molar-refractivity contribution in [3.8, 4) is 28.5 Å². The molecule has 1 heterocycles. The van der Waals surface area contributed by atoms with Crippen molar-refractivity contribution in [2.45, 2.75) is 37.3 Å². The molecule has 0 aliphatic heterocycles. The summed E-state index contributed by atoms with van der Waals surface area (Å²) >= 11 is 1.53. The summed E-state index contributed by atoms with van der Waals surface area (Å²) in [6.07, 6.45) is 5.94. The standard InChI is InChI=1S/C27H28FN3O3S/c1-35-27-25(22-13-20(14-29)11-12-23(22)28)26(21-5-3-2-4-6-21)30-31(27)15-18-7-9-19(10-8-18)16-34-17-24(32)33/h2-6,11-13,18-19H,7-10,15-17H2,1H3,(H,32,33). The molecule has 1 aliphatic carbocycles. The minimum absolute atomic E-state index is 0.251. The number of hydrogen-bond acceptors (Lipinski definition) is 5. The van der Waals surface area contributed by atoms with Gasteiger partial charge in [0.05, 0.1) is 18.2 Å². The third-order valence-electron chi connectivity index (χ3n) is 6.49. The van der Waals surface area contributed by atoms with Crippen LogP contribution in [0.15, 0.2) is 53.6 Å². The maximum atomic E-state index is 15.1. The minimum Gasteiger partial charge on any atom is -0.480 e. The second-order valence-electron chi connectivity index (χ2n) is 8.88. The van der Waals surface area contributed by atoms with E-state index in [1.54, 1.807) is 6.07 Å². The van der Waals surface area contributed by atoms with Crippen LogP contribution in [0.25, 0.3) is 22.4 Å². The van der Waals surface area contributed by atoms with E-state index >= 15 is 4.39 Å². The molecule has 2 aromatic carbocycles. The van der Waals surface area contributed by atoms with Crippen LogP contribution in [-0.4, -0.2) is 40.3 Å². The Morgan fingerprint density at radius 1 is 1.20 bits per heavy atom. The molecule has 1 N–H and O–H groups in total. The average Bonchev–Trinajstić information content (AvgIpc) is 3.23. The lowest BCUT2D eigenvalue weighted by Crippen LogP contribution is -2.23. The third-order valence-corrected chi connectivity index (χ3v) is 7.29. The van der Waals surface area contributed by atoms with Crippen LogP contribution in [0.5, 0.6) is 0 Å². The molecule has 0 spiro atoms. The topological polar surface area (TPSA) is 88.1 Å². The highest BCUT2D eigenvalue weighted by atomic mass is 32.2. The quantitative estimate of drug-likeness (QED) is 0.376. The Balaban J connectivity index is 1.62. The van der Waals surface area contributed by atoms with Crippen LogP contribution in [0.3, 0.4) is 0 Å². The number of aromatic nitrogens is 2. The molecule has 1 aromatic heterocycles. The van der Waals surface area contributed by atoms with Crippen LogP contribution in [-0.2, 0) is 16.1 Å². The second kappa shape index (κ2) is 11.5. The third kappa shape index (κ3) is 5.92. The van der Waals surface area contributed by atoms with Gasteiger partial charge >= 0.3 is 5.97 Å². The van der Waals surface area contributed by atoms with Crippen molar-refractivity contribution in [2.24, 2.45) is 11.8 Å². The van der Waals surface area contributed by atoms with Gasteiger partial charge in [0.15, 0.2) is 0 Å². The minimum atomic E-state index is -0.941. The molecular weight excluding hydrogens is 465 g/mol. The van der Waals surface area contributed by atoms with E-state index in [1.807, 2.05) is 41.3 Å². The number of aliphatic carboxylic acids is 1. The summed E-state index contributed by atoms with van der Waals surface area (Å²) < 4.78 is 22.3. The van der Waals surface area contributed by atoms with Gasteiger partial charge in [-0.1, -0.05) is 30.3 Å². The molecule has 182 valence electrons. The van der Waals surface area contributed by atoms with Gasteiger partial charge in [0.25, 0.3) is 0 Å². The molecule has 0 radical (unpaired) electrons. The number of nitriles is 1. The summed E-state index contributed by atoms with van der Waals surface area (Å²) in [6, 6.07) is 16.3. The fraction of sp³-hybridized carbons (Fsp3) is 0.370. The molecule has 0 amide bonds. The molecule has 6 nitrogen and oxygen atoms in total. The van der Waals surface area contributed by atoms with E-state index in [9.17, 15) is 10.1 Å². The largest absolute Gasteiger partial charge is 0.480 e. The van der Waals surface area contributed by atoms with Gasteiger partial charge in [-0.15, -0.1) is 11.8 Å². The van der Waals surface area contributed by atoms with E-state index in [0.717, 1.165) is 42.8 Å². The Hall–Kier alpha value is -3.15. The number of benzene rings is 2. The highest BCUT2D eigenvalue weighted by molar-refractivity contribution is 7.98. The van der Waals surface area contributed by atoms with Gasteiger partial charge in [-0.05, 0) is 62.0 Å². The van der Waals surface area contributed by atoms with Crippen LogP contribution in [0.4, 0.5) is 4.39 Å². The maximum absolute atomic E-state index is 15.1. The van der Waals surface area contributed by atoms with Crippen molar-refractivity contribution in [3.63, 3.8) is 0 Å². The number of carbonyl (C=O) groups is 1. The number of ether oxygens (including phenoxy) is 1. The summed E-state index contributed by atoms with van der Waals surface area (Å²) in [5.41, 5.74) is 3.12. The van der Waals surface area contributed by atoms with Gasteiger partial charge in [0.2, 0.25) is 0 Å². The Labute approximate surface area is 208 Å². The zero-order valence-corrected chi connectivity index (χ0v) is 20.4. The van der Waals surface area contributed by atoms with Crippen molar-refractivity contribution in [1.29, 1.82) is 5.26 Å². The summed E-state index contributed by atoms with van der Waals surface area (Å²) in [4.78, 5) is 10.7. The Morgan fingerprint density at radius 2 is 1.91 bits per heavy atom. The van der Waals surface area contributed by atoms with Crippen molar-refractivity contribution in [2.75, 3.05) is 19.5 Å². The predicted octanol–water partition coefficient (Wildman–Crippen LogP) is 5.86.